The molecule has 0 radical (unpaired) electrons. The molecule has 0 unspecified atom stereocenters. The Morgan fingerprint density at radius 1 is 1.27 bits per heavy atom. The highest BCUT2D eigenvalue weighted by Crippen LogP contribution is 2.22. The molecular weight excluding hydrogens is 296 g/mol. The molecule has 114 valence electrons. The molecule has 0 atom stereocenters. The minimum absolute atomic E-state index is 0.811. The average molecular weight is 314 g/mol. The van der Waals surface area contributed by atoms with Crippen molar-refractivity contribution in [3.63, 3.8) is 0 Å². The lowest BCUT2D eigenvalue weighted by Crippen LogP contribution is -2.15. The first-order valence-corrected chi connectivity index (χ1v) is 8.10. The second-order valence-corrected chi connectivity index (χ2v) is 5.68. The van der Waals surface area contributed by atoms with E-state index in [0.717, 1.165) is 40.7 Å². The van der Waals surface area contributed by atoms with Crippen LogP contribution in [0.5, 0.6) is 5.75 Å². The molecule has 0 amide bonds. The van der Waals surface area contributed by atoms with Crippen LogP contribution in [0.1, 0.15) is 13.3 Å². The van der Waals surface area contributed by atoms with Gasteiger partial charge in [0.15, 0.2) is 10.6 Å². The van der Waals surface area contributed by atoms with Crippen LogP contribution in [0.3, 0.4) is 0 Å². The highest BCUT2D eigenvalue weighted by atomic mass is 32.1. The minimum Gasteiger partial charge on any atom is -0.497 e. The Morgan fingerprint density at radius 3 is 2.91 bits per heavy atom. The van der Waals surface area contributed by atoms with Crippen molar-refractivity contribution in [3.05, 3.63) is 52.8 Å². The predicted molar refractivity (Wildman–Crippen MR) is 88.5 cm³/mol. The molecular formula is C17H18N2O2S. The van der Waals surface area contributed by atoms with Crippen LogP contribution in [0.4, 0.5) is 5.69 Å². The summed E-state index contributed by atoms with van der Waals surface area (Å²) >= 11 is 1.62. The van der Waals surface area contributed by atoms with Crippen molar-refractivity contribution in [3.8, 4) is 17.2 Å². The van der Waals surface area contributed by atoms with Crippen LogP contribution in [0.15, 0.2) is 57.5 Å². The Bertz CT molecular complexity index is 800. The van der Waals surface area contributed by atoms with Crippen molar-refractivity contribution in [2.24, 2.45) is 4.99 Å². The SMILES string of the molecule is CCCn1c(-c2ccco2)csc1=Nc1cccc(OC)c1. The summed E-state index contributed by atoms with van der Waals surface area (Å²) in [6, 6.07) is 11.7. The largest absolute Gasteiger partial charge is 0.497 e. The van der Waals surface area contributed by atoms with Gasteiger partial charge in [-0.2, -0.15) is 0 Å². The second-order valence-electron chi connectivity index (χ2n) is 4.85. The van der Waals surface area contributed by atoms with Crippen LogP contribution < -0.4 is 9.54 Å². The molecule has 0 N–H and O–H groups in total. The van der Waals surface area contributed by atoms with Gasteiger partial charge in [-0.15, -0.1) is 11.3 Å². The first-order chi connectivity index (χ1) is 10.8. The number of hydrogen-bond acceptors (Lipinski definition) is 4. The third kappa shape index (κ3) is 2.99. The van der Waals surface area contributed by atoms with E-state index in [1.807, 2.05) is 36.4 Å². The van der Waals surface area contributed by atoms with Crippen LogP contribution in [-0.2, 0) is 6.54 Å². The maximum absolute atomic E-state index is 5.53. The highest BCUT2D eigenvalue weighted by molar-refractivity contribution is 7.07. The van der Waals surface area contributed by atoms with Crippen molar-refractivity contribution < 1.29 is 9.15 Å². The third-order valence-corrected chi connectivity index (χ3v) is 4.16. The quantitative estimate of drug-likeness (QED) is 0.697. The normalized spacial score (nSPS) is 11.8. The van der Waals surface area contributed by atoms with Gasteiger partial charge in [0.2, 0.25) is 0 Å². The molecule has 0 aliphatic rings. The zero-order valence-electron chi connectivity index (χ0n) is 12.7. The summed E-state index contributed by atoms with van der Waals surface area (Å²) in [7, 11) is 1.66. The fourth-order valence-corrected chi connectivity index (χ4v) is 3.21. The summed E-state index contributed by atoms with van der Waals surface area (Å²) in [5, 5.41) is 2.09. The molecule has 0 saturated carbocycles. The number of thiazole rings is 1. The summed E-state index contributed by atoms with van der Waals surface area (Å²) in [5.41, 5.74) is 1.95. The lowest BCUT2D eigenvalue weighted by molar-refractivity contribution is 0.415. The van der Waals surface area contributed by atoms with E-state index in [1.165, 1.54) is 0 Å². The van der Waals surface area contributed by atoms with Gasteiger partial charge in [0.25, 0.3) is 0 Å². The zero-order valence-corrected chi connectivity index (χ0v) is 13.5. The van der Waals surface area contributed by atoms with Crippen LogP contribution in [0.2, 0.25) is 0 Å². The monoisotopic (exact) mass is 314 g/mol. The lowest BCUT2D eigenvalue weighted by atomic mass is 10.3. The first-order valence-electron chi connectivity index (χ1n) is 7.23. The molecule has 0 fully saturated rings. The van der Waals surface area contributed by atoms with E-state index < -0.39 is 0 Å². The highest BCUT2D eigenvalue weighted by Gasteiger charge is 2.09. The lowest BCUT2D eigenvalue weighted by Gasteiger charge is -2.05. The summed E-state index contributed by atoms with van der Waals surface area (Å²) < 4.78 is 13.0. The predicted octanol–water partition coefficient (Wildman–Crippen LogP) is 4.46. The third-order valence-electron chi connectivity index (χ3n) is 3.30. The van der Waals surface area contributed by atoms with Gasteiger partial charge in [0.05, 0.1) is 24.8 Å². The minimum atomic E-state index is 0.811. The Balaban J connectivity index is 2.08. The van der Waals surface area contributed by atoms with Gasteiger partial charge in [-0.3, -0.25) is 0 Å². The molecule has 3 rings (SSSR count). The summed E-state index contributed by atoms with van der Waals surface area (Å²) in [5.74, 6) is 1.68. The zero-order chi connectivity index (χ0) is 15.4. The van der Waals surface area contributed by atoms with Crippen molar-refractivity contribution in [2.45, 2.75) is 19.9 Å². The Morgan fingerprint density at radius 2 is 2.18 bits per heavy atom. The van der Waals surface area contributed by atoms with E-state index in [2.05, 4.69) is 16.9 Å². The van der Waals surface area contributed by atoms with Crippen LogP contribution in [-0.4, -0.2) is 11.7 Å². The van der Waals surface area contributed by atoms with Gasteiger partial charge in [-0.1, -0.05) is 13.0 Å². The van der Waals surface area contributed by atoms with Crippen molar-refractivity contribution in [2.75, 3.05) is 7.11 Å². The summed E-state index contributed by atoms with van der Waals surface area (Å²) in [4.78, 5) is 5.72. The van der Waals surface area contributed by atoms with E-state index >= 15 is 0 Å². The number of furan rings is 1. The molecule has 22 heavy (non-hydrogen) atoms. The summed E-state index contributed by atoms with van der Waals surface area (Å²) in [6.07, 6.45) is 2.73. The number of benzene rings is 1. The summed E-state index contributed by atoms with van der Waals surface area (Å²) in [6.45, 7) is 3.06. The average Bonchev–Trinajstić information content (AvgIpc) is 3.18. The Labute approximate surface area is 133 Å². The molecule has 0 saturated heterocycles. The molecule has 4 nitrogen and oxygen atoms in total. The van der Waals surface area contributed by atoms with Gasteiger partial charge in [-0.25, -0.2) is 4.99 Å². The number of methoxy groups -OCH3 is 1. The number of nitrogens with zero attached hydrogens (tertiary/aromatic N) is 2. The van der Waals surface area contributed by atoms with Crippen molar-refractivity contribution in [1.29, 1.82) is 0 Å². The maximum Gasteiger partial charge on any atom is 0.190 e. The van der Waals surface area contributed by atoms with E-state index in [1.54, 1.807) is 24.7 Å². The number of rotatable bonds is 5. The number of aromatic nitrogens is 1. The molecule has 0 spiro atoms. The molecule has 5 heteroatoms. The fourth-order valence-electron chi connectivity index (χ4n) is 2.27. The van der Waals surface area contributed by atoms with E-state index in [0.29, 0.717) is 0 Å². The molecule has 0 aliphatic carbocycles. The molecule has 1 aromatic carbocycles. The van der Waals surface area contributed by atoms with E-state index in [-0.39, 0.29) is 0 Å². The Kier molecular flexibility index (Phi) is 4.44. The van der Waals surface area contributed by atoms with Crippen molar-refractivity contribution in [1.82, 2.24) is 4.57 Å². The number of ether oxygens (including phenoxy) is 1. The molecule has 3 aromatic rings. The van der Waals surface area contributed by atoms with Gasteiger partial charge < -0.3 is 13.7 Å². The van der Waals surface area contributed by atoms with E-state index in [9.17, 15) is 0 Å². The standard InChI is InChI=1S/C17H18N2O2S/c1-3-9-19-15(16-8-5-10-21-16)12-22-17(19)18-13-6-4-7-14(11-13)20-2/h4-8,10-12H,3,9H2,1-2H3. The van der Waals surface area contributed by atoms with Crippen molar-refractivity contribution >= 4 is 17.0 Å². The van der Waals surface area contributed by atoms with Crippen LogP contribution >= 0.6 is 11.3 Å². The maximum atomic E-state index is 5.53. The smallest absolute Gasteiger partial charge is 0.190 e. The van der Waals surface area contributed by atoms with Gasteiger partial charge in [0, 0.05) is 18.0 Å². The molecule has 0 aliphatic heterocycles. The fraction of sp³-hybridized carbons (Fsp3) is 0.235. The second kappa shape index (κ2) is 6.66. The van der Waals surface area contributed by atoms with Crippen LogP contribution in [0.25, 0.3) is 11.5 Å². The number of hydrogen-bond donors (Lipinski definition) is 0. The van der Waals surface area contributed by atoms with Gasteiger partial charge in [-0.05, 0) is 30.7 Å². The first kappa shape index (κ1) is 14.7. The van der Waals surface area contributed by atoms with Crippen LogP contribution in [0, 0.1) is 0 Å². The molecule has 2 aromatic heterocycles. The van der Waals surface area contributed by atoms with Gasteiger partial charge >= 0.3 is 0 Å². The topological polar surface area (TPSA) is 39.7 Å². The van der Waals surface area contributed by atoms with Gasteiger partial charge in [0.1, 0.15) is 5.75 Å². The van der Waals surface area contributed by atoms with E-state index in [4.69, 9.17) is 14.1 Å². The molecule has 2 heterocycles. The molecule has 0 bridgehead atoms. The Hall–Kier alpha value is -2.27.